The fraction of sp³-hybridized carbons (Fsp3) is 0.571. The number of aliphatic hydroxyl groups excluding tert-OH is 2. The third-order valence-electron chi connectivity index (χ3n) is 3.28. The van der Waals surface area contributed by atoms with Gasteiger partial charge in [-0.3, -0.25) is 0 Å². The van der Waals surface area contributed by atoms with E-state index in [1.807, 2.05) is 24.3 Å². The van der Waals surface area contributed by atoms with Crippen molar-refractivity contribution in [3.63, 3.8) is 0 Å². The van der Waals surface area contributed by atoms with Gasteiger partial charge < -0.3 is 20.3 Å². The lowest BCUT2D eigenvalue weighted by molar-refractivity contribution is 0.0172. The number of halogens is 1. The van der Waals surface area contributed by atoms with E-state index in [9.17, 15) is 5.11 Å². The summed E-state index contributed by atoms with van der Waals surface area (Å²) in [7, 11) is 0. The highest BCUT2D eigenvalue weighted by Crippen LogP contribution is 2.19. The molecule has 106 valence electrons. The van der Waals surface area contributed by atoms with E-state index in [-0.39, 0.29) is 12.7 Å². The minimum Gasteiger partial charge on any atom is -0.393 e. The van der Waals surface area contributed by atoms with Crippen LogP contribution in [0.1, 0.15) is 18.4 Å². The Morgan fingerprint density at radius 1 is 1.37 bits per heavy atom. The largest absolute Gasteiger partial charge is 0.393 e. The molecule has 1 aromatic rings. The van der Waals surface area contributed by atoms with Gasteiger partial charge in [0.2, 0.25) is 0 Å². The first-order valence-corrected chi connectivity index (χ1v) is 6.93. The molecule has 0 aromatic heterocycles. The third kappa shape index (κ3) is 4.75. The van der Waals surface area contributed by atoms with Crippen LogP contribution in [0.15, 0.2) is 24.3 Å². The van der Waals surface area contributed by atoms with Crippen LogP contribution in [-0.4, -0.2) is 41.6 Å². The zero-order valence-electron chi connectivity index (χ0n) is 10.8. The molecule has 1 aromatic carbocycles. The standard InChI is InChI=1S/C14H20ClNO3/c15-14-4-2-1-3-10(14)8-19-9-13(18)7-16-11-5-12(17)6-11/h1-4,11-13,16-18H,5-9H2. The Kier molecular flexibility index (Phi) is 5.60. The summed E-state index contributed by atoms with van der Waals surface area (Å²) in [5, 5.41) is 22.8. The van der Waals surface area contributed by atoms with Crippen molar-refractivity contribution in [2.75, 3.05) is 13.2 Å². The van der Waals surface area contributed by atoms with Crippen molar-refractivity contribution in [3.05, 3.63) is 34.9 Å². The first-order chi connectivity index (χ1) is 9.15. The summed E-state index contributed by atoms with van der Waals surface area (Å²) in [4.78, 5) is 0. The van der Waals surface area contributed by atoms with Gasteiger partial charge in [-0.05, 0) is 24.5 Å². The highest BCUT2D eigenvalue weighted by atomic mass is 35.5. The molecule has 0 spiro atoms. The number of ether oxygens (including phenoxy) is 1. The fourth-order valence-corrected chi connectivity index (χ4v) is 2.23. The van der Waals surface area contributed by atoms with Crippen molar-refractivity contribution < 1.29 is 14.9 Å². The maximum Gasteiger partial charge on any atom is 0.0897 e. The molecule has 1 fully saturated rings. The molecule has 2 rings (SSSR count). The van der Waals surface area contributed by atoms with E-state index in [1.54, 1.807) is 0 Å². The Morgan fingerprint density at radius 3 is 2.79 bits per heavy atom. The van der Waals surface area contributed by atoms with E-state index >= 15 is 0 Å². The monoisotopic (exact) mass is 285 g/mol. The second-order valence-corrected chi connectivity index (χ2v) is 5.40. The Labute approximate surface area is 118 Å². The molecule has 3 N–H and O–H groups in total. The predicted molar refractivity (Wildman–Crippen MR) is 74.1 cm³/mol. The molecule has 1 atom stereocenters. The lowest BCUT2D eigenvalue weighted by Crippen LogP contribution is -2.47. The maximum absolute atomic E-state index is 9.75. The molecule has 1 unspecified atom stereocenters. The van der Waals surface area contributed by atoms with Gasteiger partial charge in [0, 0.05) is 17.6 Å². The van der Waals surface area contributed by atoms with Crippen LogP contribution in [0.5, 0.6) is 0 Å². The summed E-state index contributed by atoms with van der Waals surface area (Å²) >= 11 is 6.00. The lowest BCUT2D eigenvalue weighted by atomic mass is 9.89. The van der Waals surface area contributed by atoms with Crippen molar-refractivity contribution >= 4 is 11.6 Å². The Morgan fingerprint density at radius 2 is 2.11 bits per heavy atom. The molecule has 4 nitrogen and oxygen atoms in total. The molecule has 1 aliphatic rings. The normalized spacial score (nSPS) is 23.9. The average Bonchev–Trinajstić information content (AvgIpc) is 2.35. The van der Waals surface area contributed by atoms with Crippen molar-refractivity contribution in [1.82, 2.24) is 5.32 Å². The van der Waals surface area contributed by atoms with Crippen LogP contribution < -0.4 is 5.32 Å². The molecule has 0 aliphatic heterocycles. The topological polar surface area (TPSA) is 61.7 Å². The average molecular weight is 286 g/mol. The van der Waals surface area contributed by atoms with Gasteiger partial charge in [0.1, 0.15) is 0 Å². The zero-order valence-corrected chi connectivity index (χ0v) is 11.5. The van der Waals surface area contributed by atoms with E-state index in [1.165, 1.54) is 0 Å². The molecular weight excluding hydrogens is 266 g/mol. The first-order valence-electron chi connectivity index (χ1n) is 6.56. The van der Waals surface area contributed by atoms with Crippen molar-refractivity contribution in [2.45, 2.75) is 37.7 Å². The van der Waals surface area contributed by atoms with Crippen LogP contribution in [0.4, 0.5) is 0 Å². The van der Waals surface area contributed by atoms with Gasteiger partial charge in [0.25, 0.3) is 0 Å². The quantitative estimate of drug-likeness (QED) is 0.707. The van der Waals surface area contributed by atoms with E-state index in [0.717, 1.165) is 18.4 Å². The fourth-order valence-electron chi connectivity index (χ4n) is 2.04. The van der Waals surface area contributed by atoms with Gasteiger partial charge in [-0.1, -0.05) is 29.8 Å². The third-order valence-corrected chi connectivity index (χ3v) is 3.65. The van der Waals surface area contributed by atoms with Crippen LogP contribution in [0, 0.1) is 0 Å². The Hall–Kier alpha value is -0.650. The summed E-state index contributed by atoms with van der Waals surface area (Å²) < 4.78 is 5.44. The van der Waals surface area contributed by atoms with Crippen LogP contribution in [0.2, 0.25) is 5.02 Å². The number of rotatable bonds is 7. The van der Waals surface area contributed by atoms with Crippen LogP contribution in [0.25, 0.3) is 0 Å². The number of aliphatic hydroxyl groups is 2. The van der Waals surface area contributed by atoms with E-state index < -0.39 is 6.10 Å². The maximum atomic E-state index is 9.75. The van der Waals surface area contributed by atoms with Gasteiger partial charge in [-0.15, -0.1) is 0 Å². The van der Waals surface area contributed by atoms with Crippen LogP contribution >= 0.6 is 11.6 Å². The second kappa shape index (κ2) is 7.22. The van der Waals surface area contributed by atoms with Gasteiger partial charge in [-0.2, -0.15) is 0 Å². The highest BCUT2D eigenvalue weighted by Gasteiger charge is 2.26. The first kappa shape index (κ1) is 14.8. The smallest absolute Gasteiger partial charge is 0.0897 e. The Balaban J connectivity index is 1.59. The lowest BCUT2D eigenvalue weighted by Gasteiger charge is -2.32. The molecule has 1 saturated carbocycles. The number of nitrogens with one attached hydrogen (secondary N) is 1. The summed E-state index contributed by atoms with van der Waals surface area (Å²) in [6.45, 7) is 1.16. The predicted octanol–water partition coefficient (Wildman–Crippen LogP) is 1.33. The van der Waals surface area contributed by atoms with Crippen LogP contribution in [0.3, 0.4) is 0 Å². The number of benzene rings is 1. The Bertz CT molecular complexity index is 396. The molecule has 0 radical (unpaired) electrons. The van der Waals surface area contributed by atoms with E-state index in [2.05, 4.69) is 5.32 Å². The summed E-state index contributed by atoms with van der Waals surface area (Å²) in [5.41, 5.74) is 0.923. The summed E-state index contributed by atoms with van der Waals surface area (Å²) in [5.74, 6) is 0. The highest BCUT2D eigenvalue weighted by molar-refractivity contribution is 6.31. The summed E-state index contributed by atoms with van der Waals surface area (Å²) in [6.07, 6.45) is 0.826. The molecule has 5 heteroatoms. The minimum atomic E-state index is -0.541. The van der Waals surface area contributed by atoms with E-state index in [4.69, 9.17) is 21.4 Å². The molecule has 0 bridgehead atoms. The van der Waals surface area contributed by atoms with Gasteiger partial charge >= 0.3 is 0 Å². The second-order valence-electron chi connectivity index (χ2n) is 4.99. The molecule has 19 heavy (non-hydrogen) atoms. The number of hydrogen-bond donors (Lipinski definition) is 3. The van der Waals surface area contributed by atoms with E-state index in [0.29, 0.717) is 24.2 Å². The van der Waals surface area contributed by atoms with Gasteiger partial charge in [0.05, 0.1) is 25.4 Å². The number of hydrogen-bond acceptors (Lipinski definition) is 4. The minimum absolute atomic E-state index is 0.175. The molecule has 0 amide bonds. The summed E-state index contributed by atoms with van der Waals surface area (Å²) in [6, 6.07) is 7.83. The molecule has 1 aliphatic carbocycles. The zero-order chi connectivity index (χ0) is 13.7. The van der Waals surface area contributed by atoms with Crippen molar-refractivity contribution in [3.8, 4) is 0 Å². The molecule has 0 saturated heterocycles. The molecular formula is C14H20ClNO3. The van der Waals surface area contributed by atoms with Crippen LogP contribution in [-0.2, 0) is 11.3 Å². The van der Waals surface area contributed by atoms with Gasteiger partial charge in [0.15, 0.2) is 0 Å². The van der Waals surface area contributed by atoms with Crippen molar-refractivity contribution in [1.29, 1.82) is 0 Å². The SMILES string of the molecule is OC(CNC1CC(O)C1)COCc1ccccc1Cl. The van der Waals surface area contributed by atoms with Gasteiger partial charge in [-0.25, -0.2) is 0 Å². The van der Waals surface area contributed by atoms with Crippen molar-refractivity contribution in [2.24, 2.45) is 0 Å². The molecule has 0 heterocycles.